The lowest BCUT2D eigenvalue weighted by atomic mass is 9.89. The molecule has 152 valence electrons. The van der Waals surface area contributed by atoms with Crippen LogP contribution in [-0.2, 0) is 24.2 Å². The predicted octanol–water partition coefficient (Wildman–Crippen LogP) is 1.76. The SMILES string of the molecule is CNC(=O)c1ccc(C[NH+](C)CC(=O)Nc2sc3c(c2C#N)CC[C@H](C)C3)cc1. The monoisotopic (exact) mass is 411 g/mol. The molecule has 0 aliphatic heterocycles. The van der Waals surface area contributed by atoms with Gasteiger partial charge in [0, 0.05) is 23.1 Å². The van der Waals surface area contributed by atoms with Crippen LogP contribution in [-0.4, -0.2) is 32.5 Å². The Hall–Kier alpha value is -2.69. The van der Waals surface area contributed by atoms with Crippen molar-refractivity contribution in [2.45, 2.75) is 32.7 Å². The third kappa shape index (κ3) is 5.03. The first kappa shape index (κ1) is 21.0. The smallest absolute Gasteiger partial charge is 0.280 e. The molecular formula is C22H27N4O2S+. The average Bonchev–Trinajstić information content (AvgIpc) is 3.03. The number of anilines is 1. The standard InChI is InChI=1S/C22H26N4O2S/c1-14-4-9-17-18(11-23)22(29-19(17)10-14)25-20(27)13-26(3)12-15-5-7-16(8-6-15)21(28)24-2/h5-8,14H,4,9-10,12-13H2,1-3H3,(H,24,28)(H,25,27)/p+1/t14-/m0/s1. The highest BCUT2D eigenvalue weighted by Crippen LogP contribution is 2.39. The molecule has 0 fully saturated rings. The number of likely N-dealkylation sites (N-methyl/N-ethyl adjacent to an activating group) is 1. The van der Waals surface area contributed by atoms with Crippen molar-refractivity contribution < 1.29 is 14.5 Å². The lowest BCUT2D eigenvalue weighted by Crippen LogP contribution is -3.08. The van der Waals surface area contributed by atoms with E-state index in [0.717, 1.165) is 35.3 Å². The quantitative estimate of drug-likeness (QED) is 0.677. The van der Waals surface area contributed by atoms with E-state index in [1.165, 1.54) is 4.88 Å². The number of quaternary nitrogens is 1. The van der Waals surface area contributed by atoms with E-state index in [-0.39, 0.29) is 11.8 Å². The molecule has 0 bridgehead atoms. The second kappa shape index (κ2) is 9.21. The highest BCUT2D eigenvalue weighted by molar-refractivity contribution is 7.16. The third-order valence-electron chi connectivity index (χ3n) is 5.29. The highest BCUT2D eigenvalue weighted by Gasteiger charge is 2.25. The number of fused-ring (bicyclic) bond motifs is 1. The fourth-order valence-corrected chi connectivity index (χ4v) is 5.11. The topological polar surface area (TPSA) is 86.4 Å². The van der Waals surface area contributed by atoms with Crippen LogP contribution in [0.2, 0.25) is 0 Å². The summed E-state index contributed by atoms with van der Waals surface area (Å²) in [5, 5.41) is 15.8. The van der Waals surface area contributed by atoms with E-state index in [4.69, 9.17) is 0 Å². The summed E-state index contributed by atoms with van der Waals surface area (Å²) in [6.45, 7) is 3.21. The molecule has 1 heterocycles. The summed E-state index contributed by atoms with van der Waals surface area (Å²) in [5.74, 6) is 0.423. The van der Waals surface area contributed by atoms with Crippen LogP contribution in [0.4, 0.5) is 5.00 Å². The van der Waals surface area contributed by atoms with Gasteiger partial charge in [-0.05, 0) is 42.9 Å². The molecule has 2 atom stereocenters. The van der Waals surface area contributed by atoms with E-state index in [1.807, 2.05) is 19.2 Å². The van der Waals surface area contributed by atoms with Gasteiger partial charge in [0.05, 0.1) is 12.6 Å². The van der Waals surface area contributed by atoms with Gasteiger partial charge in [0.1, 0.15) is 17.6 Å². The minimum Gasteiger partial charge on any atom is -0.355 e. The summed E-state index contributed by atoms with van der Waals surface area (Å²) in [4.78, 5) is 26.4. The van der Waals surface area contributed by atoms with Crippen molar-refractivity contribution in [1.82, 2.24) is 5.32 Å². The van der Waals surface area contributed by atoms with Crippen LogP contribution in [0.15, 0.2) is 24.3 Å². The van der Waals surface area contributed by atoms with Gasteiger partial charge in [-0.1, -0.05) is 19.1 Å². The summed E-state index contributed by atoms with van der Waals surface area (Å²) >= 11 is 1.55. The van der Waals surface area contributed by atoms with Gasteiger partial charge in [-0.3, -0.25) is 9.59 Å². The van der Waals surface area contributed by atoms with E-state index >= 15 is 0 Å². The largest absolute Gasteiger partial charge is 0.355 e. The predicted molar refractivity (Wildman–Crippen MR) is 114 cm³/mol. The molecule has 1 aliphatic carbocycles. The van der Waals surface area contributed by atoms with Gasteiger partial charge in [-0.2, -0.15) is 5.26 Å². The van der Waals surface area contributed by atoms with Crippen LogP contribution in [0.5, 0.6) is 0 Å². The summed E-state index contributed by atoms with van der Waals surface area (Å²) < 4.78 is 0. The molecule has 1 aromatic heterocycles. The van der Waals surface area contributed by atoms with Gasteiger partial charge in [-0.15, -0.1) is 11.3 Å². The summed E-state index contributed by atoms with van der Waals surface area (Å²) in [7, 11) is 3.56. The number of nitriles is 1. The maximum Gasteiger partial charge on any atom is 0.280 e. The first-order chi connectivity index (χ1) is 13.9. The van der Waals surface area contributed by atoms with Crippen LogP contribution in [0.3, 0.4) is 0 Å². The number of nitrogens with zero attached hydrogens (tertiary/aromatic N) is 1. The fourth-order valence-electron chi connectivity index (χ4n) is 3.73. The summed E-state index contributed by atoms with van der Waals surface area (Å²) in [6.07, 6.45) is 3.00. The zero-order chi connectivity index (χ0) is 21.0. The molecule has 0 spiro atoms. The number of thiophene rings is 1. The average molecular weight is 412 g/mol. The molecule has 7 heteroatoms. The van der Waals surface area contributed by atoms with E-state index in [1.54, 1.807) is 30.5 Å². The molecule has 3 N–H and O–H groups in total. The molecule has 0 saturated carbocycles. The van der Waals surface area contributed by atoms with E-state index < -0.39 is 0 Å². The van der Waals surface area contributed by atoms with Crippen LogP contribution >= 0.6 is 11.3 Å². The van der Waals surface area contributed by atoms with Crippen LogP contribution < -0.4 is 15.5 Å². The fraction of sp³-hybridized carbons (Fsp3) is 0.409. The van der Waals surface area contributed by atoms with Crippen LogP contribution in [0.25, 0.3) is 0 Å². The number of carbonyl (C=O) groups excluding carboxylic acids is 2. The Balaban J connectivity index is 1.59. The molecule has 3 rings (SSSR count). The molecule has 2 aromatic rings. The Labute approximate surface area is 175 Å². The Bertz CT molecular complexity index is 943. The molecule has 2 amide bonds. The van der Waals surface area contributed by atoms with E-state index in [2.05, 4.69) is 23.6 Å². The maximum absolute atomic E-state index is 12.6. The molecule has 0 saturated heterocycles. The number of hydrogen-bond acceptors (Lipinski definition) is 4. The van der Waals surface area contributed by atoms with Crippen molar-refractivity contribution in [3.05, 3.63) is 51.4 Å². The van der Waals surface area contributed by atoms with Crippen molar-refractivity contribution in [3.8, 4) is 6.07 Å². The van der Waals surface area contributed by atoms with Gasteiger partial charge in [0.15, 0.2) is 6.54 Å². The third-order valence-corrected chi connectivity index (χ3v) is 6.46. The van der Waals surface area contributed by atoms with Crippen molar-refractivity contribution >= 4 is 28.2 Å². The second-order valence-corrected chi connectivity index (χ2v) is 8.91. The number of carbonyl (C=O) groups is 2. The van der Waals surface area contributed by atoms with Gasteiger partial charge >= 0.3 is 0 Å². The first-order valence-electron chi connectivity index (χ1n) is 9.88. The molecule has 1 aromatic carbocycles. The zero-order valence-electron chi connectivity index (χ0n) is 17.1. The number of nitrogens with one attached hydrogen (secondary N) is 3. The molecule has 1 aliphatic rings. The Morgan fingerprint density at radius 1 is 1.31 bits per heavy atom. The Morgan fingerprint density at radius 3 is 2.69 bits per heavy atom. The van der Waals surface area contributed by atoms with Crippen molar-refractivity contribution in [3.63, 3.8) is 0 Å². The van der Waals surface area contributed by atoms with Crippen molar-refractivity contribution in [2.24, 2.45) is 5.92 Å². The Kier molecular flexibility index (Phi) is 6.68. The van der Waals surface area contributed by atoms with E-state index in [9.17, 15) is 14.9 Å². The van der Waals surface area contributed by atoms with Gasteiger partial charge in [-0.25, -0.2) is 0 Å². The minimum atomic E-state index is -0.113. The van der Waals surface area contributed by atoms with Crippen molar-refractivity contribution in [1.29, 1.82) is 5.26 Å². The minimum absolute atomic E-state index is 0.0902. The Morgan fingerprint density at radius 2 is 2.03 bits per heavy atom. The maximum atomic E-state index is 12.6. The highest BCUT2D eigenvalue weighted by atomic mass is 32.1. The molecule has 1 unspecified atom stereocenters. The van der Waals surface area contributed by atoms with Gasteiger partial charge < -0.3 is 15.5 Å². The summed E-state index contributed by atoms with van der Waals surface area (Å²) in [5.41, 5.74) is 3.45. The van der Waals surface area contributed by atoms with Crippen LogP contribution in [0.1, 0.15) is 45.3 Å². The number of benzene rings is 1. The second-order valence-electron chi connectivity index (χ2n) is 7.80. The normalized spacial score (nSPS) is 16.4. The van der Waals surface area contributed by atoms with Crippen LogP contribution in [0, 0.1) is 17.2 Å². The number of amides is 2. The van der Waals surface area contributed by atoms with E-state index in [0.29, 0.717) is 35.1 Å². The number of hydrogen-bond donors (Lipinski definition) is 3. The summed E-state index contributed by atoms with van der Waals surface area (Å²) in [6, 6.07) is 9.69. The zero-order valence-corrected chi connectivity index (χ0v) is 17.9. The van der Waals surface area contributed by atoms with Gasteiger partial charge in [0.2, 0.25) is 0 Å². The number of rotatable bonds is 6. The first-order valence-corrected chi connectivity index (χ1v) is 10.7. The van der Waals surface area contributed by atoms with Gasteiger partial charge in [0.25, 0.3) is 11.8 Å². The lowest BCUT2D eigenvalue weighted by molar-refractivity contribution is -0.885. The molecule has 29 heavy (non-hydrogen) atoms. The lowest BCUT2D eigenvalue weighted by Gasteiger charge is -2.17. The molecule has 6 nitrogen and oxygen atoms in total. The molecule has 0 radical (unpaired) electrons. The van der Waals surface area contributed by atoms with Crippen molar-refractivity contribution in [2.75, 3.05) is 26.0 Å². The molecular weight excluding hydrogens is 384 g/mol.